The maximum absolute atomic E-state index is 9.15. The number of furan rings is 1. The summed E-state index contributed by atoms with van der Waals surface area (Å²) in [4.78, 5) is 4.16. The van der Waals surface area contributed by atoms with E-state index in [4.69, 9.17) is 14.0 Å². The van der Waals surface area contributed by atoms with Gasteiger partial charge in [-0.1, -0.05) is 5.16 Å². The molecule has 5 nitrogen and oxygen atoms in total. The molecule has 0 aromatic carbocycles. The summed E-state index contributed by atoms with van der Waals surface area (Å²) >= 11 is 0. The smallest absolute Gasteiger partial charge is 0.229 e. The molecule has 0 radical (unpaired) electrons. The SMILES string of the molecule is Cc1occc1-c1noc(CC(C)O)n1. The minimum absolute atomic E-state index is 0.365. The normalized spacial score (nSPS) is 13.0. The average molecular weight is 208 g/mol. The molecule has 1 atom stereocenters. The zero-order valence-corrected chi connectivity index (χ0v) is 8.60. The lowest BCUT2D eigenvalue weighted by atomic mass is 10.2. The summed E-state index contributed by atoms with van der Waals surface area (Å²) in [5.41, 5.74) is 0.815. The van der Waals surface area contributed by atoms with Gasteiger partial charge in [-0.2, -0.15) is 4.98 Å². The van der Waals surface area contributed by atoms with Crippen LogP contribution in [0.4, 0.5) is 0 Å². The Hall–Kier alpha value is -1.62. The third kappa shape index (κ3) is 2.07. The summed E-state index contributed by atoms with van der Waals surface area (Å²) in [5, 5.41) is 13.0. The van der Waals surface area contributed by atoms with Gasteiger partial charge in [0.25, 0.3) is 0 Å². The minimum atomic E-state index is -0.483. The summed E-state index contributed by atoms with van der Waals surface area (Å²) in [5.74, 6) is 1.68. The minimum Gasteiger partial charge on any atom is -0.469 e. The molecule has 80 valence electrons. The van der Waals surface area contributed by atoms with Gasteiger partial charge in [-0.15, -0.1) is 0 Å². The third-order valence-corrected chi connectivity index (χ3v) is 2.04. The predicted molar refractivity (Wildman–Crippen MR) is 52.1 cm³/mol. The fourth-order valence-corrected chi connectivity index (χ4v) is 1.32. The molecule has 0 bridgehead atoms. The van der Waals surface area contributed by atoms with Crippen LogP contribution in [0.1, 0.15) is 18.6 Å². The Kier molecular flexibility index (Phi) is 2.55. The van der Waals surface area contributed by atoms with Gasteiger partial charge in [0.2, 0.25) is 11.7 Å². The highest BCUT2D eigenvalue weighted by molar-refractivity contribution is 5.55. The predicted octanol–water partition coefficient (Wildman–Crippen LogP) is 1.56. The summed E-state index contributed by atoms with van der Waals surface area (Å²) in [7, 11) is 0. The van der Waals surface area contributed by atoms with Crippen molar-refractivity contribution < 1.29 is 14.0 Å². The lowest BCUT2D eigenvalue weighted by Gasteiger charge is -1.95. The number of aliphatic hydroxyl groups excluding tert-OH is 1. The number of aryl methyl sites for hydroxylation is 1. The summed E-state index contributed by atoms with van der Waals surface area (Å²) in [6.07, 6.45) is 1.46. The van der Waals surface area contributed by atoms with E-state index in [2.05, 4.69) is 10.1 Å². The molecule has 2 heterocycles. The largest absolute Gasteiger partial charge is 0.469 e. The average Bonchev–Trinajstić information content (AvgIpc) is 2.72. The molecule has 0 saturated heterocycles. The van der Waals surface area contributed by atoms with Crippen molar-refractivity contribution in [3.63, 3.8) is 0 Å². The van der Waals surface area contributed by atoms with Crippen LogP contribution in [0.3, 0.4) is 0 Å². The Bertz CT molecular complexity index is 445. The second kappa shape index (κ2) is 3.86. The fourth-order valence-electron chi connectivity index (χ4n) is 1.32. The van der Waals surface area contributed by atoms with Crippen molar-refractivity contribution in [1.29, 1.82) is 0 Å². The van der Waals surface area contributed by atoms with Crippen LogP contribution in [-0.2, 0) is 6.42 Å². The van der Waals surface area contributed by atoms with Crippen molar-refractivity contribution in [2.45, 2.75) is 26.4 Å². The van der Waals surface area contributed by atoms with Crippen molar-refractivity contribution in [1.82, 2.24) is 10.1 Å². The van der Waals surface area contributed by atoms with Gasteiger partial charge in [0.1, 0.15) is 5.76 Å². The Morgan fingerprint density at radius 3 is 2.93 bits per heavy atom. The van der Waals surface area contributed by atoms with Gasteiger partial charge in [-0.05, 0) is 19.9 Å². The van der Waals surface area contributed by atoms with E-state index < -0.39 is 6.10 Å². The molecule has 15 heavy (non-hydrogen) atoms. The third-order valence-electron chi connectivity index (χ3n) is 2.04. The molecule has 5 heteroatoms. The summed E-state index contributed by atoms with van der Waals surface area (Å²) < 4.78 is 10.1. The van der Waals surface area contributed by atoms with Gasteiger partial charge in [-0.3, -0.25) is 0 Å². The van der Waals surface area contributed by atoms with Crippen LogP contribution >= 0.6 is 0 Å². The van der Waals surface area contributed by atoms with E-state index in [1.807, 2.05) is 6.92 Å². The van der Waals surface area contributed by atoms with Gasteiger partial charge >= 0.3 is 0 Å². The number of aromatic nitrogens is 2. The van der Waals surface area contributed by atoms with Crippen molar-refractivity contribution in [2.75, 3.05) is 0 Å². The molecular weight excluding hydrogens is 196 g/mol. The number of hydrogen-bond donors (Lipinski definition) is 1. The van der Waals surface area contributed by atoms with Crippen molar-refractivity contribution >= 4 is 0 Å². The Morgan fingerprint density at radius 1 is 1.53 bits per heavy atom. The van der Waals surface area contributed by atoms with Crippen molar-refractivity contribution in [3.05, 3.63) is 24.0 Å². The molecule has 2 aromatic heterocycles. The van der Waals surface area contributed by atoms with Gasteiger partial charge in [-0.25, -0.2) is 0 Å². The van der Waals surface area contributed by atoms with E-state index in [0.717, 1.165) is 11.3 Å². The monoisotopic (exact) mass is 208 g/mol. The number of hydrogen-bond acceptors (Lipinski definition) is 5. The number of aliphatic hydroxyl groups is 1. The fraction of sp³-hybridized carbons (Fsp3) is 0.400. The lowest BCUT2D eigenvalue weighted by Crippen LogP contribution is -2.04. The topological polar surface area (TPSA) is 72.3 Å². The molecule has 0 aliphatic heterocycles. The molecule has 1 N–H and O–H groups in total. The number of nitrogens with zero attached hydrogens (tertiary/aromatic N) is 2. The molecular formula is C10H12N2O3. The second-order valence-corrected chi connectivity index (χ2v) is 3.46. The quantitative estimate of drug-likeness (QED) is 0.828. The molecule has 1 unspecified atom stereocenters. The summed E-state index contributed by atoms with van der Waals surface area (Å²) in [6, 6.07) is 1.78. The van der Waals surface area contributed by atoms with E-state index in [1.54, 1.807) is 19.3 Å². The van der Waals surface area contributed by atoms with Crippen molar-refractivity contribution in [3.8, 4) is 11.4 Å². The van der Waals surface area contributed by atoms with Crippen LogP contribution in [0.2, 0.25) is 0 Å². The Morgan fingerprint density at radius 2 is 2.33 bits per heavy atom. The second-order valence-electron chi connectivity index (χ2n) is 3.46. The number of rotatable bonds is 3. The van der Waals surface area contributed by atoms with Crippen LogP contribution in [0.15, 0.2) is 21.3 Å². The van der Waals surface area contributed by atoms with E-state index in [9.17, 15) is 0 Å². The zero-order chi connectivity index (χ0) is 10.8. The van der Waals surface area contributed by atoms with E-state index in [1.165, 1.54) is 0 Å². The standard InChI is InChI=1S/C10H12N2O3/c1-6(13)5-9-11-10(12-15-9)8-3-4-14-7(8)2/h3-4,6,13H,5H2,1-2H3. The molecule has 0 aliphatic rings. The first-order valence-corrected chi connectivity index (χ1v) is 4.72. The zero-order valence-electron chi connectivity index (χ0n) is 8.60. The molecule has 0 saturated carbocycles. The van der Waals surface area contributed by atoms with Gasteiger partial charge in [0.05, 0.1) is 24.4 Å². The van der Waals surface area contributed by atoms with Gasteiger partial charge < -0.3 is 14.0 Å². The highest BCUT2D eigenvalue weighted by Gasteiger charge is 2.13. The highest BCUT2D eigenvalue weighted by Crippen LogP contribution is 2.21. The molecule has 0 spiro atoms. The van der Waals surface area contributed by atoms with E-state index in [-0.39, 0.29) is 0 Å². The van der Waals surface area contributed by atoms with Crippen LogP contribution < -0.4 is 0 Å². The van der Waals surface area contributed by atoms with Gasteiger partial charge in [0, 0.05) is 0 Å². The Labute approximate surface area is 86.7 Å². The molecule has 2 aromatic rings. The van der Waals surface area contributed by atoms with Crippen LogP contribution in [0.5, 0.6) is 0 Å². The highest BCUT2D eigenvalue weighted by atomic mass is 16.5. The van der Waals surface area contributed by atoms with Gasteiger partial charge in [0.15, 0.2) is 0 Å². The first-order chi connectivity index (χ1) is 7.16. The first kappa shape index (κ1) is 9.92. The van der Waals surface area contributed by atoms with E-state index in [0.29, 0.717) is 18.1 Å². The summed E-state index contributed by atoms with van der Waals surface area (Å²) in [6.45, 7) is 3.51. The maximum atomic E-state index is 9.15. The van der Waals surface area contributed by atoms with Crippen LogP contribution in [0, 0.1) is 6.92 Å². The lowest BCUT2D eigenvalue weighted by molar-refractivity contribution is 0.181. The molecule has 0 fully saturated rings. The first-order valence-electron chi connectivity index (χ1n) is 4.72. The van der Waals surface area contributed by atoms with Crippen molar-refractivity contribution in [2.24, 2.45) is 0 Å². The maximum Gasteiger partial charge on any atom is 0.229 e. The van der Waals surface area contributed by atoms with Crippen LogP contribution in [0.25, 0.3) is 11.4 Å². The molecule has 0 aliphatic carbocycles. The van der Waals surface area contributed by atoms with Crippen LogP contribution in [-0.4, -0.2) is 21.4 Å². The Balaban J connectivity index is 2.24. The molecule has 0 amide bonds. The molecule has 2 rings (SSSR count). The van der Waals surface area contributed by atoms with E-state index >= 15 is 0 Å².